The number of methoxy groups -OCH3 is 1. The molecule has 0 saturated carbocycles. The number of carbonyl (C=O) groups excluding carboxylic acids is 1. The Hall–Kier alpha value is -1.40. The van der Waals surface area contributed by atoms with E-state index in [1.54, 1.807) is 11.8 Å². The molecule has 1 amide bonds. The third-order valence-electron chi connectivity index (χ3n) is 4.45. The number of nitrogens with one attached hydrogen (secondary N) is 1. The van der Waals surface area contributed by atoms with E-state index in [-0.39, 0.29) is 29.9 Å². The average Bonchev–Trinajstić information content (AvgIpc) is 3.11. The first-order valence-electron chi connectivity index (χ1n) is 7.96. The fourth-order valence-electron chi connectivity index (χ4n) is 3.04. The van der Waals surface area contributed by atoms with Gasteiger partial charge in [0.05, 0.1) is 18.2 Å². The molecule has 0 aromatic carbocycles. The van der Waals surface area contributed by atoms with Crippen molar-refractivity contribution >= 4 is 5.91 Å². The molecular weight excluding hydrogens is 280 g/mol. The molecular formula is C16H28N4O2. The Morgan fingerprint density at radius 1 is 1.50 bits per heavy atom. The van der Waals surface area contributed by atoms with Gasteiger partial charge in [0.15, 0.2) is 0 Å². The van der Waals surface area contributed by atoms with Crippen molar-refractivity contribution in [1.82, 2.24) is 20.0 Å². The number of aromatic nitrogens is 2. The van der Waals surface area contributed by atoms with Crippen molar-refractivity contribution in [3.05, 3.63) is 18.0 Å². The molecule has 1 aromatic heterocycles. The second-order valence-corrected chi connectivity index (χ2v) is 6.45. The minimum absolute atomic E-state index is 0.0318. The zero-order valence-corrected chi connectivity index (χ0v) is 14.2. The quantitative estimate of drug-likeness (QED) is 0.851. The van der Waals surface area contributed by atoms with Crippen molar-refractivity contribution in [2.45, 2.75) is 38.8 Å². The molecule has 6 nitrogen and oxygen atoms in total. The normalized spacial score (nSPS) is 23.0. The number of hydrogen-bond acceptors (Lipinski definition) is 4. The van der Waals surface area contributed by atoms with E-state index in [1.165, 1.54) is 0 Å². The van der Waals surface area contributed by atoms with Gasteiger partial charge in [0.25, 0.3) is 0 Å². The van der Waals surface area contributed by atoms with Crippen LogP contribution in [-0.2, 0) is 16.6 Å². The second kappa shape index (κ2) is 7.24. The molecule has 6 heteroatoms. The molecule has 1 aliphatic rings. The summed E-state index contributed by atoms with van der Waals surface area (Å²) in [6.45, 7) is 8.29. The maximum atomic E-state index is 13.0. The summed E-state index contributed by atoms with van der Waals surface area (Å²) in [5.74, 6) is 0.369. The molecule has 1 fully saturated rings. The van der Waals surface area contributed by atoms with Crippen molar-refractivity contribution in [3.63, 3.8) is 0 Å². The highest BCUT2D eigenvalue weighted by molar-refractivity contribution is 5.81. The molecule has 1 unspecified atom stereocenters. The first-order chi connectivity index (χ1) is 10.4. The number of nitrogens with zero attached hydrogens (tertiary/aromatic N) is 3. The molecule has 0 spiro atoms. The minimum atomic E-state index is -0.0318. The third kappa shape index (κ3) is 3.67. The molecule has 1 saturated heterocycles. The van der Waals surface area contributed by atoms with Gasteiger partial charge in [0.1, 0.15) is 0 Å². The van der Waals surface area contributed by atoms with E-state index in [9.17, 15) is 4.79 Å². The van der Waals surface area contributed by atoms with Crippen LogP contribution in [0.4, 0.5) is 0 Å². The van der Waals surface area contributed by atoms with E-state index in [0.717, 1.165) is 18.7 Å². The SMILES string of the molecule is COC(C)CN(C(=O)[C@H]1CNC[C@@H]1c1cnn(C)c1)C(C)C. The van der Waals surface area contributed by atoms with E-state index >= 15 is 0 Å². The lowest BCUT2D eigenvalue weighted by Gasteiger charge is -2.32. The molecule has 22 heavy (non-hydrogen) atoms. The van der Waals surface area contributed by atoms with Gasteiger partial charge < -0.3 is 15.0 Å². The van der Waals surface area contributed by atoms with Gasteiger partial charge in [-0.3, -0.25) is 9.48 Å². The number of ether oxygens (including phenoxy) is 1. The van der Waals surface area contributed by atoms with Gasteiger partial charge in [-0.25, -0.2) is 0 Å². The summed E-state index contributed by atoms with van der Waals surface area (Å²) in [6.07, 6.45) is 3.92. The minimum Gasteiger partial charge on any atom is -0.380 e. The largest absolute Gasteiger partial charge is 0.380 e. The standard InChI is InChI=1S/C16H28N4O2/c1-11(2)20(9-12(3)22-5)16(21)15-8-17-7-14(15)13-6-18-19(4)10-13/h6,10-12,14-15,17H,7-9H2,1-5H3/t12?,14-,15+/m1/s1. The fraction of sp³-hybridized carbons (Fsp3) is 0.750. The van der Waals surface area contributed by atoms with Gasteiger partial charge in [-0.15, -0.1) is 0 Å². The number of aryl methyl sites for hydroxylation is 1. The highest BCUT2D eigenvalue weighted by Crippen LogP contribution is 2.29. The summed E-state index contributed by atoms with van der Waals surface area (Å²) in [6, 6.07) is 0.167. The molecule has 1 N–H and O–H groups in total. The van der Waals surface area contributed by atoms with Crippen LogP contribution < -0.4 is 5.32 Å². The molecule has 1 aliphatic heterocycles. The lowest BCUT2D eigenvalue weighted by atomic mass is 9.89. The third-order valence-corrected chi connectivity index (χ3v) is 4.45. The van der Waals surface area contributed by atoms with Crippen LogP contribution in [0.2, 0.25) is 0 Å². The summed E-state index contributed by atoms with van der Waals surface area (Å²) < 4.78 is 7.13. The predicted octanol–water partition coefficient (Wildman–Crippen LogP) is 0.995. The van der Waals surface area contributed by atoms with Gasteiger partial charge >= 0.3 is 0 Å². The number of amides is 1. The first-order valence-corrected chi connectivity index (χ1v) is 7.96. The zero-order chi connectivity index (χ0) is 16.3. The smallest absolute Gasteiger partial charge is 0.227 e. The molecule has 3 atom stereocenters. The van der Waals surface area contributed by atoms with Crippen LogP contribution in [0.15, 0.2) is 12.4 Å². The molecule has 0 bridgehead atoms. The predicted molar refractivity (Wildman–Crippen MR) is 85.6 cm³/mol. The van der Waals surface area contributed by atoms with Gasteiger partial charge in [-0.2, -0.15) is 5.10 Å². The zero-order valence-electron chi connectivity index (χ0n) is 14.2. The van der Waals surface area contributed by atoms with Crippen molar-refractivity contribution in [3.8, 4) is 0 Å². The lowest BCUT2D eigenvalue weighted by Crippen LogP contribution is -2.46. The highest BCUT2D eigenvalue weighted by atomic mass is 16.5. The Morgan fingerprint density at radius 3 is 2.77 bits per heavy atom. The number of carbonyl (C=O) groups is 1. The van der Waals surface area contributed by atoms with Crippen LogP contribution >= 0.6 is 0 Å². The van der Waals surface area contributed by atoms with Crippen LogP contribution in [0.1, 0.15) is 32.3 Å². The Labute approximate surface area is 132 Å². The van der Waals surface area contributed by atoms with E-state index < -0.39 is 0 Å². The first kappa shape index (κ1) is 17.0. The maximum absolute atomic E-state index is 13.0. The van der Waals surface area contributed by atoms with Crippen molar-refractivity contribution in [2.24, 2.45) is 13.0 Å². The maximum Gasteiger partial charge on any atom is 0.227 e. The summed E-state index contributed by atoms with van der Waals surface area (Å²) >= 11 is 0. The summed E-state index contributed by atoms with van der Waals surface area (Å²) in [5.41, 5.74) is 1.13. The summed E-state index contributed by atoms with van der Waals surface area (Å²) in [4.78, 5) is 15.0. The van der Waals surface area contributed by atoms with Crippen LogP contribution in [0, 0.1) is 5.92 Å². The molecule has 2 rings (SSSR count). The Morgan fingerprint density at radius 2 is 2.23 bits per heavy atom. The van der Waals surface area contributed by atoms with Crippen LogP contribution in [-0.4, -0.2) is 59.5 Å². The number of hydrogen-bond donors (Lipinski definition) is 1. The van der Waals surface area contributed by atoms with Crippen LogP contribution in [0.25, 0.3) is 0 Å². The summed E-state index contributed by atoms with van der Waals surface area (Å²) in [5, 5.41) is 7.60. The van der Waals surface area contributed by atoms with E-state index in [1.807, 2.05) is 31.3 Å². The van der Waals surface area contributed by atoms with Gasteiger partial charge in [-0.1, -0.05) is 0 Å². The van der Waals surface area contributed by atoms with Crippen molar-refractivity contribution < 1.29 is 9.53 Å². The second-order valence-electron chi connectivity index (χ2n) is 6.45. The van der Waals surface area contributed by atoms with E-state index in [0.29, 0.717) is 6.54 Å². The van der Waals surface area contributed by atoms with Crippen molar-refractivity contribution in [1.29, 1.82) is 0 Å². The Kier molecular flexibility index (Phi) is 5.58. The Balaban J connectivity index is 2.14. The van der Waals surface area contributed by atoms with E-state index in [2.05, 4.69) is 24.3 Å². The Bertz CT molecular complexity index is 500. The lowest BCUT2D eigenvalue weighted by molar-refractivity contribution is -0.138. The molecule has 1 aromatic rings. The molecule has 0 radical (unpaired) electrons. The van der Waals surface area contributed by atoms with Crippen LogP contribution in [0.3, 0.4) is 0 Å². The van der Waals surface area contributed by atoms with Gasteiger partial charge in [-0.05, 0) is 26.3 Å². The van der Waals surface area contributed by atoms with E-state index in [4.69, 9.17) is 4.74 Å². The molecule has 2 heterocycles. The van der Waals surface area contributed by atoms with Gasteiger partial charge in [0.2, 0.25) is 5.91 Å². The fourth-order valence-corrected chi connectivity index (χ4v) is 3.04. The monoisotopic (exact) mass is 308 g/mol. The van der Waals surface area contributed by atoms with Crippen molar-refractivity contribution in [2.75, 3.05) is 26.7 Å². The van der Waals surface area contributed by atoms with Crippen LogP contribution in [0.5, 0.6) is 0 Å². The summed E-state index contributed by atoms with van der Waals surface area (Å²) in [7, 11) is 3.59. The van der Waals surface area contributed by atoms with Gasteiger partial charge in [0, 0.05) is 51.9 Å². The molecule has 0 aliphatic carbocycles. The number of rotatable bonds is 6. The average molecular weight is 308 g/mol. The molecule has 124 valence electrons. The topological polar surface area (TPSA) is 59.4 Å². The highest BCUT2D eigenvalue weighted by Gasteiger charge is 2.38.